The summed E-state index contributed by atoms with van der Waals surface area (Å²) in [5.74, 6) is -0.202. The highest BCUT2D eigenvalue weighted by Crippen LogP contribution is 2.31. The predicted molar refractivity (Wildman–Crippen MR) is 63.4 cm³/mol. The third-order valence-corrected chi connectivity index (χ3v) is 2.97. The Morgan fingerprint density at radius 3 is 2.50 bits per heavy atom. The van der Waals surface area contributed by atoms with Crippen molar-refractivity contribution in [1.82, 2.24) is 5.06 Å². The van der Waals surface area contributed by atoms with Gasteiger partial charge in [-0.25, -0.2) is 4.79 Å². The van der Waals surface area contributed by atoms with Crippen LogP contribution in [0.4, 0.5) is 0 Å². The highest BCUT2D eigenvalue weighted by atomic mass is 16.7. The van der Waals surface area contributed by atoms with Crippen LogP contribution in [0.1, 0.15) is 19.4 Å². The molecule has 0 aromatic heterocycles. The maximum Gasteiger partial charge on any atom is 0.347 e. The van der Waals surface area contributed by atoms with Gasteiger partial charge < -0.3 is 9.57 Å². The van der Waals surface area contributed by atoms with Crippen LogP contribution in [0, 0.1) is 5.41 Å². The molecular formula is C13H15NO4. The molecule has 0 atom stereocenters. The fraction of sp³-hybridized carbons (Fsp3) is 0.385. The van der Waals surface area contributed by atoms with E-state index in [2.05, 4.69) is 0 Å². The molecule has 1 heterocycles. The number of methoxy groups -OCH3 is 1. The van der Waals surface area contributed by atoms with Gasteiger partial charge in [0.25, 0.3) is 5.91 Å². The largest absolute Gasteiger partial charge is 0.496 e. The maximum absolute atomic E-state index is 12.0. The number of amides is 1. The van der Waals surface area contributed by atoms with E-state index in [-0.39, 0.29) is 12.5 Å². The summed E-state index contributed by atoms with van der Waals surface area (Å²) in [5.41, 5.74) is -0.319. The van der Waals surface area contributed by atoms with Crippen molar-refractivity contribution in [1.29, 1.82) is 0 Å². The van der Waals surface area contributed by atoms with E-state index in [1.54, 1.807) is 27.0 Å². The minimum absolute atomic E-state index is 0.192. The first kappa shape index (κ1) is 12.4. The minimum atomic E-state index is -1.11. The zero-order valence-electron chi connectivity index (χ0n) is 10.6. The van der Waals surface area contributed by atoms with Gasteiger partial charge in [-0.15, -0.1) is 0 Å². The van der Waals surface area contributed by atoms with E-state index in [1.165, 1.54) is 0 Å². The normalized spacial score (nSPS) is 17.8. The van der Waals surface area contributed by atoms with Crippen LogP contribution in [-0.4, -0.2) is 24.0 Å². The highest BCUT2D eigenvalue weighted by molar-refractivity contribution is 6.05. The van der Waals surface area contributed by atoms with Crippen LogP contribution in [0.3, 0.4) is 0 Å². The monoisotopic (exact) mass is 249 g/mol. The van der Waals surface area contributed by atoms with Crippen molar-refractivity contribution in [2.75, 3.05) is 7.11 Å². The van der Waals surface area contributed by atoms with Gasteiger partial charge in [-0.05, 0) is 19.9 Å². The van der Waals surface area contributed by atoms with Crippen LogP contribution in [0.2, 0.25) is 0 Å². The number of hydrogen-bond acceptors (Lipinski definition) is 4. The fourth-order valence-corrected chi connectivity index (χ4v) is 1.75. The van der Waals surface area contributed by atoms with Gasteiger partial charge >= 0.3 is 5.97 Å². The molecule has 1 aromatic rings. The van der Waals surface area contributed by atoms with Gasteiger partial charge in [-0.2, -0.15) is 5.06 Å². The van der Waals surface area contributed by atoms with E-state index >= 15 is 0 Å². The van der Waals surface area contributed by atoms with Crippen LogP contribution < -0.4 is 4.74 Å². The van der Waals surface area contributed by atoms with E-state index in [9.17, 15) is 9.59 Å². The second kappa shape index (κ2) is 4.33. The maximum atomic E-state index is 12.0. The molecule has 1 fully saturated rings. The van der Waals surface area contributed by atoms with Gasteiger partial charge in [0.15, 0.2) is 0 Å². The summed E-state index contributed by atoms with van der Waals surface area (Å²) in [5, 5.41) is 1.08. The lowest BCUT2D eigenvalue weighted by Gasteiger charge is -2.16. The molecule has 0 spiro atoms. The van der Waals surface area contributed by atoms with Gasteiger partial charge in [0, 0.05) is 5.56 Å². The molecule has 5 heteroatoms. The van der Waals surface area contributed by atoms with E-state index in [0.717, 1.165) is 10.6 Å². The van der Waals surface area contributed by atoms with Crippen molar-refractivity contribution in [2.45, 2.75) is 20.4 Å². The first-order valence-electron chi connectivity index (χ1n) is 5.63. The molecule has 0 unspecified atom stereocenters. The van der Waals surface area contributed by atoms with Crippen LogP contribution in [-0.2, 0) is 21.0 Å². The Bertz CT molecular complexity index is 496. The molecule has 5 nitrogen and oxygen atoms in total. The smallest absolute Gasteiger partial charge is 0.347 e. The first-order valence-corrected chi connectivity index (χ1v) is 5.63. The molecule has 1 aromatic carbocycles. The van der Waals surface area contributed by atoms with Crippen molar-refractivity contribution in [3.05, 3.63) is 29.8 Å². The van der Waals surface area contributed by atoms with Crippen LogP contribution in [0.25, 0.3) is 0 Å². The summed E-state index contributed by atoms with van der Waals surface area (Å²) in [6.07, 6.45) is 0. The quantitative estimate of drug-likeness (QED) is 0.762. The third-order valence-electron chi connectivity index (χ3n) is 2.97. The lowest BCUT2D eigenvalue weighted by Crippen LogP contribution is -2.31. The van der Waals surface area contributed by atoms with Gasteiger partial charge in [-0.1, -0.05) is 18.2 Å². The Kier molecular flexibility index (Phi) is 2.98. The molecule has 1 aliphatic heterocycles. The van der Waals surface area contributed by atoms with Crippen molar-refractivity contribution in [3.8, 4) is 5.75 Å². The Balaban J connectivity index is 2.21. The van der Waals surface area contributed by atoms with Gasteiger partial charge in [0.05, 0.1) is 13.7 Å². The second-order valence-corrected chi connectivity index (χ2v) is 4.66. The Morgan fingerprint density at radius 1 is 1.28 bits per heavy atom. The van der Waals surface area contributed by atoms with Crippen molar-refractivity contribution in [2.24, 2.45) is 5.41 Å². The Morgan fingerprint density at radius 2 is 1.94 bits per heavy atom. The average molecular weight is 249 g/mol. The summed E-state index contributed by atoms with van der Waals surface area (Å²) in [6, 6.07) is 7.30. The first-order chi connectivity index (χ1) is 8.46. The standard InChI is InChI=1S/C13H15NO4/c1-13(2)11(15)14(18-12(13)16)8-9-6-4-5-7-10(9)17-3/h4-7H,8H2,1-3H3. The topological polar surface area (TPSA) is 55.8 Å². The number of hydroxylamine groups is 2. The molecule has 0 N–H and O–H groups in total. The number of hydrogen-bond donors (Lipinski definition) is 0. The van der Waals surface area contributed by atoms with Crippen LogP contribution in [0.15, 0.2) is 24.3 Å². The van der Waals surface area contributed by atoms with Crippen LogP contribution >= 0.6 is 0 Å². The second-order valence-electron chi connectivity index (χ2n) is 4.66. The molecule has 0 radical (unpaired) electrons. The van der Waals surface area contributed by atoms with Crippen molar-refractivity contribution < 1.29 is 19.2 Å². The zero-order chi connectivity index (χ0) is 13.3. The minimum Gasteiger partial charge on any atom is -0.496 e. The highest BCUT2D eigenvalue weighted by Gasteiger charge is 2.49. The number of rotatable bonds is 3. The summed E-state index contributed by atoms with van der Waals surface area (Å²) in [7, 11) is 1.56. The van der Waals surface area contributed by atoms with Crippen molar-refractivity contribution >= 4 is 11.9 Å². The number of ether oxygens (including phenoxy) is 1. The molecule has 0 aliphatic carbocycles. The lowest BCUT2D eigenvalue weighted by molar-refractivity contribution is -0.180. The summed E-state index contributed by atoms with van der Waals surface area (Å²) < 4.78 is 5.19. The van der Waals surface area contributed by atoms with Gasteiger partial charge in [0.1, 0.15) is 11.2 Å². The number of benzene rings is 1. The van der Waals surface area contributed by atoms with Gasteiger partial charge in [0.2, 0.25) is 0 Å². The number of carbonyl (C=O) groups excluding carboxylic acids is 2. The number of carbonyl (C=O) groups is 2. The van der Waals surface area contributed by atoms with Crippen molar-refractivity contribution in [3.63, 3.8) is 0 Å². The van der Waals surface area contributed by atoms with E-state index in [1.807, 2.05) is 18.2 Å². The van der Waals surface area contributed by atoms with E-state index in [4.69, 9.17) is 9.57 Å². The molecule has 1 saturated heterocycles. The SMILES string of the molecule is COc1ccccc1CN1OC(=O)C(C)(C)C1=O. The molecule has 0 bridgehead atoms. The molecule has 2 rings (SSSR count). The summed E-state index contributed by atoms with van der Waals surface area (Å²) >= 11 is 0. The summed E-state index contributed by atoms with van der Waals surface area (Å²) in [4.78, 5) is 28.5. The fourth-order valence-electron chi connectivity index (χ4n) is 1.75. The third kappa shape index (κ3) is 1.92. The summed E-state index contributed by atoms with van der Waals surface area (Å²) in [6.45, 7) is 3.30. The molecule has 96 valence electrons. The van der Waals surface area contributed by atoms with Crippen LogP contribution in [0.5, 0.6) is 5.75 Å². The molecule has 1 aliphatic rings. The zero-order valence-corrected chi connectivity index (χ0v) is 10.6. The molecule has 0 saturated carbocycles. The van der Waals surface area contributed by atoms with E-state index < -0.39 is 11.4 Å². The lowest BCUT2D eigenvalue weighted by atomic mass is 9.94. The average Bonchev–Trinajstić information content (AvgIpc) is 2.54. The number of para-hydroxylation sites is 1. The predicted octanol–water partition coefficient (Wildman–Crippen LogP) is 1.52. The number of nitrogens with zero attached hydrogens (tertiary/aromatic N) is 1. The molecule has 1 amide bonds. The Hall–Kier alpha value is -2.04. The Labute approximate surface area is 105 Å². The van der Waals surface area contributed by atoms with E-state index in [0.29, 0.717) is 5.75 Å². The molecule has 18 heavy (non-hydrogen) atoms. The molecular weight excluding hydrogens is 234 g/mol. The van der Waals surface area contributed by atoms with Gasteiger partial charge in [-0.3, -0.25) is 4.79 Å².